The fourth-order valence-corrected chi connectivity index (χ4v) is 2.73. The van der Waals surface area contributed by atoms with Crippen LogP contribution >= 0.6 is 11.6 Å². The van der Waals surface area contributed by atoms with Crippen molar-refractivity contribution in [2.24, 2.45) is 0 Å². The Labute approximate surface area is 174 Å². The summed E-state index contributed by atoms with van der Waals surface area (Å²) in [6.07, 6.45) is 0.505. The smallest absolute Gasteiger partial charge is 0.306 e. The standard InChI is InChI=1S/C21H23ClN2O5/c1-3-14-6-4-5-7-16(14)23-20(26)13-29-21(27)11-10-19(25)24-17-12-15(22)8-9-18(17)28-2/h4-9,12H,3,10-11,13H2,1-2H3,(H,23,26)(H,24,25). The van der Waals surface area contributed by atoms with Gasteiger partial charge in [0.2, 0.25) is 5.91 Å². The number of methoxy groups -OCH3 is 1. The van der Waals surface area contributed by atoms with Crippen LogP contribution in [0, 0.1) is 0 Å². The predicted octanol–water partition coefficient (Wildman–Crippen LogP) is 3.81. The number of carbonyl (C=O) groups excluding carboxylic acids is 3. The first-order valence-electron chi connectivity index (χ1n) is 9.09. The number of amides is 2. The molecule has 0 spiro atoms. The first-order chi connectivity index (χ1) is 13.9. The van der Waals surface area contributed by atoms with Crippen LogP contribution in [0.4, 0.5) is 11.4 Å². The number of ether oxygens (including phenoxy) is 2. The number of halogens is 1. The Morgan fingerprint density at radius 3 is 2.41 bits per heavy atom. The zero-order valence-corrected chi connectivity index (χ0v) is 17.0. The van der Waals surface area contributed by atoms with Crippen molar-refractivity contribution < 1.29 is 23.9 Å². The molecule has 2 rings (SSSR count). The molecule has 2 amide bonds. The summed E-state index contributed by atoms with van der Waals surface area (Å²) in [6.45, 7) is 1.57. The molecule has 0 saturated heterocycles. The molecule has 0 saturated carbocycles. The molecule has 2 aromatic carbocycles. The van der Waals surface area contributed by atoms with E-state index in [2.05, 4.69) is 10.6 Å². The normalized spacial score (nSPS) is 10.2. The fourth-order valence-electron chi connectivity index (χ4n) is 2.56. The predicted molar refractivity (Wildman–Crippen MR) is 111 cm³/mol. The highest BCUT2D eigenvalue weighted by Crippen LogP contribution is 2.27. The Balaban J connectivity index is 1.76. The largest absolute Gasteiger partial charge is 0.495 e. The highest BCUT2D eigenvalue weighted by atomic mass is 35.5. The molecule has 8 heteroatoms. The maximum Gasteiger partial charge on any atom is 0.306 e. The topological polar surface area (TPSA) is 93.7 Å². The molecule has 0 aliphatic heterocycles. The van der Waals surface area contributed by atoms with E-state index in [4.69, 9.17) is 21.1 Å². The van der Waals surface area contributed by atoms with Crippen LogP contribution in [0.15, 0.2) is 42.5 Å². The highest BCUT2D eigenvalue weighted by molar-refractivity contribution is 6.31. The number of nitrogens with one attached hydrogen (secondary N) is 2. The molecule has 0 aliphatic carbocycles. The van der Waals surface area contributed by atoms with Crippen LogP contribution in [-0.2, 0) is 25.5 Å². The van der Waals surface area contributed by atoms with Gasteiger partial charge in [-0.05, 0) is 36.2 Å². The quantitative estimate of drug-likeness (QED) is 0.604. The summed E-state index contributed by atoms with van der Waals surface area (Å²) in [7, 11) is 1.47. The van der Waals surface area contributed by atoms with E-state index >= 15 is 0 Å². The monoisotopic (exact) mass is 418 g/mol. The number of aryl methyl sites for hydroxylation is 1. The second-order valence-corrected chi connectivity index (χ2v) is 6.55. The lowest BCUT2D eigenvalue weighted by Crippen LogP contribution is -2.22. The lowest BCUT2D eigenvalue weighted by molar-refractivity contribution is -0.147. The summed E-state index contributed by atoms with van der Waals surface area (Å²) in [4.78, 5) is 35.9. The van der Waals surface area contributed by atoms with E-state index in [0.29, 0.717) is 22.1 Å². The Hall–Kier alpha value is -3.06. The van der Waals surface area contributed by atoms with Crippen LogP contribution in [0.2, 0.25) is 5.02 Å². The minimum absolute atomic E-state index is 0.102. The van der Waals surface area contributed by atoms with Gasteiger partial charge in [-0.1, -0.05) is 36.7 Å². The fraction of sp³-hybridized carbons (Fsp3) is 0.286. The summed E-state index contributed by atoms with van der Waals surface area (Å²) >= 11 is 5.91. The van der Waals surface area contributed by atoms with Crippen molar-refractivity contribution in [1.29, 1.82) is 0 Å². The molecule has 7 nitrogen and oxygen atoms in total. The lowest BCUT2D eigenvalue weighted by Gasteiger charge is -2.11. The van der Waals surface area contributed by atoms with Gasteiger partial charge in [-0.15, -0.1) is 0 Å². The molecule has 0 atom stereocenters. The van der Waals surface area contributed by atoms with Gasteiger partial charge in [0.05, 0.1) is 19.2 Å². The zero-order chi connectivity index (χ0) is 21.2. The highest BCUT2D eigenvalue weighted by Gasteiger charge is 2.13. The average Bonchev–Trinajstić information content (AvgIpc) is 2.71. The molecule has 0 bridgehead atoms. The number of hydrogen-bond donors (Lipinski definition) is 2. The van der Waals surface area contributed by atoms with Crippen molar-refractivity contribution in [2.75, 3.05) is 24.4 Å². The van der Waals surface area contributed by atoms with Crippen molar-refractivity contribution >= 4 is 40.8 Å². The van der Waals surface area contributed by atoms with Gasteiger partial charge in [-0.3, -0.25) is 14.4 Å². The van der Waals surface area contributed by atoms with Gasteiger partial charge in [0.25, 0.3) is 5.91 Å². The van der Waals surface area contributed by atoms with Gasteiger partial charge in [-0.25, -0.2) is 0 Å². The van der Waals surface area contributed by atoms with E-state index in [-0.39, 0.29) is 12.8 Å². The molecule has 0 heterocycles. The van der Waals surface area contributed by atoms with Crippen molar-refractivity contribution in [3.63, 3.8) is 0 Å². The molecular formula is C21H23ClN2O5. The zero-order valence-electron chi connectivity index (χ0n) is 16.3. The van der Waals surface area contributed by atoms with Gasteiger partial charge in [0.15, 0.2) is 6.61 Å². The van der Waals surface area contributed by atoms with Crippen LogP contribution < -0.4 is 15.4 Å². The molecule has 0 fully saturated rings. The van der Waals surface area contributed by atoms with Gasteiger partial charge in [0.1, 0.15) is 5.75 Å². The van der Waals surface area contributed by atoms with Crippen LogP contribution in [0.1, 0.15) is 25.3 Å². The second kappa shape index (κ2) is 11.1. The minimum Gasteiger partial charge on any atom is -0.495 e. The summed E-state index contributed by atoms with van der Waals surface area (Å²) in [5.74, 6) is -1.03. The Morgan fingerprint density at radius 2 is 1.69 bits per heavy atom. The molecule has 29 heavy (non-hydrogen) atoms. The summed E-state index contributed by atoms with van der Waals surface area (Å²) in [5.41, 5.74) is 2.08. The molecular weight excluding hydrogens is 396 g/mol. The number of para-hydroxylation sites is 1. The van der Waals surface area contributed by atoms with Gasteiger partial charge < -0.3 is 20.1 Å². The van der Waals surface area contributed by atoms with Gasteiger partial charge in [-0.2, -0.15) is 0 Å². The second-order valence-electron chi connectivity index (χ2n) is 6.11. The molecule has 0 radical (unpaired) electrons. The van der Waals surface area contributed by atoms with E-state index < -0.39 is 24.4 Å². The van der Waals surface area contributed by atoms with Crippen molar-refractivity contribution in [1.82, 2.24) is 0 Å². The summed E-state index contributed by atoms with van der Waals surface area (Å²) in [5, 5.41) is 5.78. The average molecular weight is 419 g/mol. The van der Waals surface area contributed by atoms with Crippen molar-refractivity contribution in [3.8, 4) is 5.75 Å². The maximum atomic E-state index is 12.0. The van der Waals surface area contributed by atoms with Crippen LogP contribution in [0.3, 0.4) is 0 Å². The van der Waals surface area contributed by atoms with Crippen molar-refractivity contribution in [2.45, 2.75) is 26.2 Å². The number of anilines is 2. The third-order valence-electron chi connectivity index (χ3n) is 4.03. The van der Waals surface area contributed by atoms with Crippen LogP contribution in [0.5, 0.6) is 5.75 Å². The minimum atomic E-state index is -0.642. The van der Waals surface area contributed by atoms with Gasteiger partial charge >= 0.3 is 5.97 Å². The van der Waals surface area contributed by atoms with E-state index in [0.717, 1.165) is 12.0 Å². The first kappa shape index (κ1) is 22.2. The number of benzene rings is 2. The summed E-state index contributed by atoms with van der Waals surface area (Å²) < 4.78 is 10.1. The molecule has 0 aromatic heterocycles. The van der Waals surface area contributed by atoms with E-state index in [1.165, 1.54) is 7.11 Å². The molecule has 0 unspecified atom stereocenters. The molecule has 2 aromatic rings. The Bertz CT molecular complexity index is 885. The van der Waals surface area contributed by atoms with Crippen molar-refractivity contribution in [3.05, 3.63) is 53.1 Å². The number of hydrogen-bond acceptors (Lipinski definition) is 5. The summed E-state index contributed by atoms with van der Waals surface area (Å²) in [6, 6.07) is 12.2. The SMILES string of the molecule is CCc1ccccc1NC(=O)COC(=O)CCC(=O)Nc1cc(Cl)ccc1OC. The van der Waals surface area contributed by atoms with E-state index in [1.807, 2.05) is 25.1 Å². The van der Waals surface area contributed by atoms with Crippen LogP contribution in [0.25, 0.3) is 0 Å². The molecule has 2 N–H and O–H groups in total. The van der Waals surface area contributed by atoms with Crippen LogP contribution in [-0.4, -0.2) is 31.5 Å². The lowest BCUT2D eigenvalue weighted by atomic mass is 10.1. The Morgan fingerprint density at radius 1 is 0.966 bits per heavy atom. The van der Waals surface area contributed by atoms with E-state index in [9.17, 15) is 14.4 Å². The molecule has 154 valence electrons. The first-order valence-corrected chi connectivity index (χ1v) is 9.47. The Kier molecular flexibility index (Phi) is 8.48. The maximum absolute atomic E-state index is 12.0. The third-order valence-corrected chi connectivity index (χ3v) is 4.26. The number of esters is 1. The van der Waals surface area contributed by atoms with E-state index in [1.54, 1.807) is 24.3 Å². The third kappa shape index (κ3) is 7.12. The number of rotatable bonds is 9. The van der Waals surface area contributed by atoms with Gasteiger partial charge in [0, 0.05) is 17.1 Å². The number of carbonyl (C=O) groups is 3. The molecule has 0 aliphatic rings.